The third kappa shape index (κ3) is 6.69. The predicted molar refractivity (Wildman–Crippen MR) is 122 cm³/mol. The lowest BCUT2D eigenvalue weighted by atomic mass is 10.0. The Balaban J connectivity index is 1.20. The van der Waals surface area contributed by atoms with E-state index in [4.69, 9.17) is 14.7 Å². The van der Waals surface area contributed by atoms with Crippen molar-refractivity contribution in [1.82, 2.24) is 9.91 Å². The predicted octanol–water partition coefficient (Wildman–Crippen LogP) is 2.13. The molecule has 2 saturated heterocycles. The summed E-state index contributed by atoms with van der Waals surface area (Å²) in [6.45, 7) is 4.43. The summed E-state index contributed by atoms with van der Waals surface area (Å²) in [5.74, 6) is 1.38. The van der Waals surface area contributed by atoms with Gasteiger partial charge in [-0.3, -0.25) is 9.91 Å². The molecule has 2 fully saturated rings. The molecule has 168 valence electrons. The summed E-state index contributed by atoms with van der Waals surface area (Å²) >= 11 is 1.98. The number of hydrogen-bond acceptors (Lipinski definition) is 8. The zero-order valence-corrected chi connectivity index (χ0v) is 18.5. The van der Waals surface area contributed by atoms with Crippen LogP contribution >= 0.6 is 11.8 Å². The van der Waals surface area contributed by atoms with E-state index >= 15 is 0 Å². The second kappa shape index (κ2) is 11.0. The van der Waals surface area contributed by atoms with Crippen molar-refractivity contribution in [2.75, 3.05) is 50.8 Å². The fourth-order valence-electron chi connectivity index (χ4n) is 4.01. The first-order valence-corrected chi connectivity index (χ1v) is 12.1. The number of nitrogens with zero attached hydrogens (tertiary/aromatic N) is 4. The second-order valence-corrected chi connectivity index (χ2v) is 9.33. The molecule has 0 aliphatic carbocycles. The summed E-state index contributed by atoms with van der Waals surface area (Å²) < 4.78 is 5.41. The number of benzene rings is 1. The minimum absolute atomic E-state index is 0.0412. The second-order valence-electron chi connectivity index (χ2n) is 8.11. The SMILES string of the molecule is O=C(O)COC1CCN(CC2CC(c3ccc(C=NN4CCSCC4)cc3)=NO2)CC1. The lowest BCUT2D eigenvalue weighted by Gasteiger charge is -2.32. The molecule has 1 unspecified atom stereocenters. The highest BCUT2D eigenvalue weighted by molar-refractivity contribution is 7.99. The summed E-state index contributed by atoms with van der Waals surface area (Å²) in [5, 5.41) is 19.8. The molecular formula is C22H30N4O4S. The van der Waals surface area contributed by atoms with Crippen LogP contribution in [0.25, 0.3) is 0 Å². The fraction of sp³-hybridized carbons (Fsp3) is 0.591. The number of carboxylic acid groups (broad SMARTS) is 1. The van der Waals surface area contributed by atoms with Gasteiger partial charge >= 0.3 is 5.97 Å². The van der Waals surface area contributed by atoms with Gasteiger partial charge in [0.2, 0.25) is 0 Å². The molecule has 31 heavy (non-hydrogen) atoms. The molecule has 0 saturated carbocycles. The Morgan fingerprint density at radius 1 is 1.23 bits per heavy atom. The van der Waals surface area contributed by atoms with Gasteiger partial charge < -0.3 is 14.7 Å². The van der Waals surface area contributed by atoms with Crippen molar-refractivity contribution in [2.45, 2.75) is 31.5 Å². The molecule has 1 aromatic rings. The van der Waals surface area contributed by atoms with Gasteiger partial charge in [0, 0.05) is 50.7 Å². The van der Waals surface area contributed by atoms with Gasteiger partial charge in [0.25, 0.3) is 0 Å². The molecule has 0 aromatic heterocycles. The van der Waals surface area contributed by atoms with Crippen LogP contribution in [0.1, 0.15) is 30.4 Å². The number of likely N-dealkylation sites (tertiary alicyclic amines) is 1. The van der Waals surface area contributed by atoms with Crippen molar-refractivity contribution < 1.29 is 19.5 Å². The first-order valence-electron chi connectivity index (χ1n) is 10.9. The van der Waals surface area contributed by atoms with Gasteiger partial charge in [-0.1, -0.05) is 29.4 Å². The van der Waals surface area contributed by atoms with Crippen molar-refractivity contribution in [3.05, 3.63) is 35.4 Å². The normalized spacial score (nSPS) is 23.2. The Bertz CT molecular complexity index is 787. The molecule has 1 atom stereocenters. The molecule has 8 nitrogen and oxygen atoms in total. The minimum Gasteiger partial charge on any atom is -0.480 e. The Hall–Kier alpha value is -2.10. The van der Waals surface area contributed by atoms with Crippen LogP contribution in [0.2, 0.25) is 0 Å². The van der Waals surface area contributed by atoms with Crippen LogP contribution in [-0.2, 0) is 14.4 Å². The van der Waals surface area contributed by atoms with Gasteiger partial charge in [-0.15, -0.1) is 0 Å². The van der Waals surface area contributed by atoms with E-state index in [9.17, 15) is 4.79 Å². The highest BCUT2D eigenvalue weighted by atomic mass is 32.2. The zero-order chi connectivity index (χ0) is 21.5. The number of oxime groups is 1. The third-order valence-corrected chi connectivity index (χ3v) is 6.72. The van der Waals surface area contributed by atoms with Crippen molar-refractivity contribution in [3.8, 4) is 0 Å². The first-order chi connectivity index (χ1) is 15.2. The fourth-order valence-corrected chi connectivity index (χ4v) is 4.90. The number of hydrazone groups is 1. The number of carboxylic acids is 1. The van der Waals surface area contributed by atoms with E-state index in [1.54, 1.807) is 0 Å². The monoisotopic (exact) mass is 446 g/mol. The van der Waals surface area contributed by atoms with Crippen molar-refractivity contribution in [1.29, 1.82) is 0 Å². The van der Waals surface area contributed by atoms with Gasteiger partial charge in [-0.25, -0.2) is 4.79 Å². The maximum atomic E-state index is 10.6. The summed E-state index contributed by atoms with van der Waals surface area (Å²) in [4.78, 5) is 18.7. The average molecular weight is 447 g/mol. The van der Waals surface area contributed by atoms with Gasteiger partial charge in [-0.05, 0) is 24.0 Å². The van der Waals surface area contributed by atoms with Gasteiger partial charge in [0.15, 0.2) is 0 Å². The summed E-state index contributed by atoms with van der Waals surface area (Å²) in [7, 11) is 0. The Morgan fingerprint density at radius 2 is 1.97 bits per heavy atom. The van der Waals surface area contributed by atoms with E-state index in [-0.39, 0.29) is 18.8 Å². The van der Waals surface area contributed by atoms with Crippen LogP contribution < -0.4 is 0 Å². The molecule has 0 spiro atoms. The quantitative estimate of drug-likeness (QED) is 0.612. The Labute approximate surface area is 187 Å². The van der Waals surface area contributed by atoms with Crippen LogP contribution in [0.5, 0.6) is 0 Å². The standard InChI is InChI=1S/C22H30N4O4S/c27-22(28)16-29-19-5-7-25(8-6-19)15-20-13-21(24-30-20)18-3-1-17(2-4-18)14-23-26-9-11-31-12-10-26/h1-4,14,19-20H,5-13,15-16H2,(H,27,28). The number of aliphatic carboxylic acids is 1. The smallest absolute Gasteiger partial charge is 0.329 e. The number of rotatable bonds is 8. The molecular weight excluding hydrogens is 416 g/mol. The molecule has 3 heterocycles. The number of thioether (sulfide) groups is 1. The van der Waals surface area contributed by atoms with Crippen LogP contribution in [0.3, 0.4) is 0 Å². The van der Waals surface area contributed by atoms with Crippen LogP contribution in [0.15, 0.2) is 34.5 Å². The third-order valence-electron chi connectivity index (χ3n) is 5.77. The average Bonchev–Trinajstić information content (AvgIpc) is 3.27. The number of piperidine rings is 1. The number of hydrogen-bond donors (Lipinski definition) is 1. The van der Waals surface area contributed by atoms with E-state index in [2.05, 4.69) is 44.4 Å². The summed E-state index contributed by atoms with van der Waals surface area (Å²) in [6.07, 6.45) is 4.54. The highest BCUT2D eigenvalue weighted by Gasteiger charge is 2.27. The van der Waals surface area contributed by atoms with Crippen LogP contribution in [0.4, 0.5) is 0 Å². The van der Waals surface area contributed by atoms with Crippen molar-refractivity contribution in [3.63, 3.8) is 0 Å². The topological polar surface area (TPSA) is 87.0 Å². The molecule has 1 aromatic carbocycles. The lowest BCUT2D eigenvalue weighted by molar-refractivity contribution is -0.145. The van der Waals surface area contributed by atoms with E-state index in [0.29, 0.717) is 0 Å². The van der Waals surface area contributed by atoms with Crippen LogP contribution in [0, 0.1) is 0 Å². The molecule has 3 aliphatic heterocycles. The van der Waals surface area contributed by atoms with E-state index in [1.807, 2.05) is 18.0 Å². The van der Waals surface area contributed by atoms with E-state index < -0.39 is 5.97 Å². The molecule has 0 bridgehead atoms. The highest BCUT2D eigenvalue weighted by Crippen LogP contribution is 2.21. The van der Waals surface area contributed by atoms with E-state index in [1.165, 1.54) is 0 Å². The minimum atomic E-state index is -0.909. The summed E-state index contributed by atoms with van der Waals surface area (Å²) in [6, 6.07) is 8.33. The van der Waals surface area contributed by atoms with Gasteiger partial charge in [0.1, 0.15) is 12.7 Å². The van der Waals surface area contributed by atoms with Gasteiger partial charge in [0.05, 0.1) is 18.0 Å². The number of ether oxygens (including phenoxy) is 1. The van der Waals surface area contributed by atoms with Crippen LogP contribution in [-0.4, -0.2) is 96.0 Å². The maximum absolute atomic E-state index is 10.6. The van der Waals surface area contributed by atoms with Crippen molar-refractivity contribution in [2.24, 2.45) is 10.3 Å². The molecule has 0 amide bonds. The van der Waals surface area contributed by atoms with Crippen molar-refractivity contribution >= 4 is 29.7 Å². The number of carbonyl (C=O) groups is 1. The lowest BCUT2D eigenvalue weighted by Crippen LogP contribution is -2.41. The zero-order valence-electron chi connectivity index (χ0n) is 17.7. The molecule has 9 heteroatoms. The Kier molecular flexibility index (Phi) is 7.82. The Morgan fingerprint density at radius 3 is 2.68 bits per heavy atom. The molecule has 4 rings (SSSR count). The van der Waals surface area contributed by atoms with Gasteiger partial charge in [-0.2, -0.15) is 16.9 Å². The molecule has 0 radical (unpaired) electrons. The van der Waals surface area contributed by atoms with E-state index in [0.717, 1.165) is 80.3 Å². The summed E-state index contributed by atoms with van der Waals surface area (Å²) in [5.41, 5.74) is 3.17. The molecule has 1 N–H and O–H groups in total. The largest absolute Gasteiger partial charge is 0.480 e. The first kappa shape index (κ1) is 22.1. The molecule has 3 aliphatic rings. The maximum Gasteiger partial charge on any atom is 0.329 e.